The first-order valence-electron chi connectivity index (χ1n) is 9.24. The van der Waals surface area contributed by atoms with Crippen molar-refractivity contribution >= 4 is 29.9 Å². The lowest BCUT2D eigenvalue weighted by atomic mass is 9.69. The standard InChI is InChI=1S/C20H27ClN4O.ClH/c1-22-18(15-12-24-25(2)13-15)19(26)23-14-20(10-4-3-5-11-20)16-6-8-17(21)9-7-16;/h6-9,12-13,18,22H,3-5,10-11,14H2,1-2H3,(H,23,26);1H. The summed E-state index contributed by atoms with van der Waals surface area (Å²) in [5.41, 5.74) is 2.13. The Hall–Kier alpha value is -1.56. The summed E-state index contributed by atoms with van der Waals surface area (Å²) in [6.45, 7) is 0.645. The fourth-order valence-corrected chi connectivity index (χ4v) is 4.12. The van der Waals surface area contributed by atoms with E-state index in [0.29, 0.717) is 6.54 Å². The Morgan fingerprint density at radius 2 is 1.93 bits per heavy atom. The second-order valence-corrected chi connectivity index (χ2v) is 7.67. The molecule has 1 amide bonds. The minimum atomic E-state index is -0.394. The number of nitrogens with one attached hydrogen (secondary N) is 2. The van der Waals surface area contributed by atoms with Crippen LogP contribution in [-0.2, 0) is 17.3 Å². The Labute approximate surface area is 172 Å². The molecular weight excluding hydrogens is 383 g/mol. The minimum absolute atomic E-state index is 0. The first-order valence-corrected chi connectivity index (χ1v) is 9.61. The molecule has 1 aliphatic carbocycles. The van der Waals surface area contributed by atoms with E-state index in [0.717, 1.165) is 23.4 Å². The molecule has 7 heteroatoms. The fraction of sp³-hybridized carbons (Fsp3) is 0.500. The summed E-state index contributed by atoms with van der Waals surface area (Å²) in [4.78, 5) is 12.8. The van der Waals surface area contributed by atoms with Crippen LogP contribution in [0.1, 0.15) is 49.3 Å². The van der Waals surface area contributed by atoms with Crippen LogP contribution in [0, 0.1) is 0 Å². The van der Waals surface area contributed by atoms with Gasteiger partial charge >= 0.3 is 0 Å². The van der Waals surface area contributed by atoms with E-state index in [1.54, 1.807) is 17.9 Å². The van der Waals surface area contributed by atoms with E-state index in [-0.39, 0.29) is 23.7 Å². The largest absolute Gasteiger partial charge is 0.354 e. The molecule has 148 valence electrons. The maximum atomic E-state index is 12.8. The third-order valence-electron chi connectivity index (χ3n) is 5.48. The maximum absolute atomic E-state index is 12.8. The van der Waals surface area contributed by atoms with Crippen molar-refractivity contribution in [2.45, 2.75) is 43.6 Å². The van der Waals surface area contributed by atoms with E-state index in [4.69, 9.17) is 11.6 Å². The van der Waals surface area contributed by atoms with Gasteiger partial charge in [-0.3, -0.25) is 9.48 Å². The van der Waals surface area contributed by atoms with Crippen LogP contribution < -0.4 is 10.6 Å². The molecule has 0 spiro atoms. The van der Waals surface area contributed by atoms with E-state index in [2.05, 4.69) is 27.9 Å². The van der Waals surface area contributed by atoms with Gasteiger partial charge in [-0.25, -0.2) is 0 Å². The summed E-state index contributed by atoms with van der Waals surface area (Å²) in [6, 6.07) is 7.71. The van der Waals surface area contributed by atoms with Crippen molar-refractivity contribution in [1.29, 1.82) is 0 Å². The molecule has 0 aliphatic heterocycles. The minimum Gasteiger partial charge on any atom is -0.354 e. The van der Waals surface area contributed by atoms with Gasteiger partial charge in [0.1, 0.15) is 6.04 Å². The van der Waals surface area contributed by atoms with Crippen LogP contribution in [0.15, 0.2) is 36.7 Å². The molecule has 0 saturated heterocycles. The lowest BCUT2D eigenvalue weighted by Crippen LogP contribution is -2.45. The highest BCUT2D eigenvalue weighted by atomic mass is 35.5. The SMILES string of the molecule is CNC(C(=O)NCC1(c2ccc(Cl)cc2)CCCCC1)c1cnn(C)c1.Cl. The highest BCUT2D eigenvalue weighted by Gasteiger charge is 2.35. The van der Waals surface area contributed by atoms with Crippen molar-refractivity contribution in [3.05, 3.63) is 52.8 Å². The third kappa shape index (κ3) is 5.03. The molecule has 0 bridgehead atoms. The van der Waals surface area contributed by atoms with Crippen molar-refractivity contribution in [3.8, 4) is 0 Å². The number of aryl methyl sites for hydroxylation is 1. The molecule has 2 N–H and O–H groups in total. The number of aromatic nitrogens is 2. The fourth-order valence-electron chi connectivity index (χ4n) is 4.00. The molecule has 1 fully saturated rings. The van der Waals surface area contributed by atoms with Crippen LogP contribution >= 0.6 is 24.0 Å². The van der Waals surface area contributed by atoms with Crippen LogP contribution in [0.4, 0.5) is 0 Å². The molecule has 1 atom stereocenters. The molecule has 1 aliphatic rings. The van der Waals surface area contributed by atoms with E-state index in [1.807, 2.05) is 25.4 Å². The molecule has 1 aromatic carbocycles. The van der Waals surface area contributed by atoms with Crippen LogP contribution in [0.3, 0.4) is 0 Å². The Balaban J connectivity index is 0.00000261. The summed E-state index contributed by atoms with van der Waals surface area (Å²) >= 11 is 6.07. The van der Waals surface area contributed by atoms with Crippen molar-refractivity contribution in [1.82, 2.24) is 20.4 Å². The Morgan fingerprint density at radius 3 is 2.48 bits per heavy atom. The smallest absolute Gasteiger partial charge is 0.241 e. The average Bonchev–Trinajstić information content (AvgIpc) is 3.08. The van der Waals surface area contributed by atoms with Gasteiger partial charge in [-0.15, -0.1) is 12.4 Å². The molecule has 1 aromatic heterocycles. The Bertz CT molecular complexity index is 739. The summed E-state index contributed by atoms with van der Waals surface area (Å²) in [5, 5.41) is 11.2. The molecule has 1 heterocycles. The molecule has 1 unspecified atom stereocenters. The normalized spacial score (nSPS) is 17.0. The van der Waals surface area contributed by atoms with E-state index in [9.17, 15) is 4.79 Å². The average molecular weight is 411 g/mol. The summed E-state index contributed by atoms with van der Waals surface area (Å²) in [6.07, 6.45) is 9.43. The zero-order chi connectivity index (χ0) is 18.6. The molecule has 2 aromatic rings. The number of rotatable bonds is 6. The Kier molecular flexibility index (Phi) is 7.71. The highest BCUT2D eigenvalue weighted by Crippen LogP contribution is 2.39. The molecule has 5 nitrogen and oxygen atoms in total. The zero-order valence-electron chi connectivity index (χ0n) is 15.9. The van der Waals surface area contributed by atoms with Gasteiger partial charge in [-0.2, -0.15) is 5.10 Å². The van der Waals surface area contributed by atoms with Gasteiger partial charge in [0.05, 0.1) is 6.20 Å². The van der Waals surface area contributed by atoms with Crippen LogP contribution in [0.2, 0.25) is 5.02 Å². The monoisotopic (exact) mass is 410 g/mol. The van der Waals surface area contributed by atoms with Gasteiger partial charge < -0.3 is 10.6 Å². The summed E-state index contributed by atoms with van der Waals surface area (Å²) in [7, 11) is 3.65. The number of hydrogen-bond acceptors (Lipinski definition) is 3. The van der Waals surface area contributed by atoms with Gasteiger partial charge in [0.15, 0.2) is 0 Å². The molecule has 1 saturated carbocycles. The Morgan fingerprint density at radius 1 is 1.26 bits per heavy atom. The first-order chi connectivity index (χ1) is 12.5. The van der Waals surface area contributed by atoms with E-state index >= 15 is 0 Å². The van der Waals surface area contributed by atoms with Crippen molar-refractivity contribution in [2.24, 2.45) is 7.05 Å². The van der Waals surface area contributed by atoms with E-state index in [1.165, 1.54) is 24.8 Å². The highest BCUT2D eigenvalue weighted by molar-refractivity contribution is 6.30. The number of carbonyl (C=O) groups excluding carboxylic acids is 1. The van der Waals surface area contributed by atoms with Crippen LogP contribution in [-0.4, -0.2) is 29.3 Å². The second-order valence-electron chi connectivity index (χ2n) is 7.23. The molecule has 3 rings (SSSR count). The van der Waals surface area contributed by atoms with Crippen molar-refractivity contribution < 1.29 is 4.79 Å². The number of amides is 1. The van der Waals surface area contributed by atoms with Gasteiger partial charge in [-0.05, 0) is 37.6 Å². The van der Waals surface area contributed by atoms with Crippen LogP contribution in [0.5, 0.6) is 0 Å². The summed E-state index contributed by atoms with van der Waals surface area (Å²) < 4.78 is 1.71. The topological polar surface area (TPSA) is 59.0 Å². The lowest BCUT2D eigenvalue weighted by molar-refractivity contribution is -0.123. The number of hydrogen-bond donors (Lipinski definition) is 2. The number of carbonyl (C=O) groups is 1. The van der Waals surface area contributed by atoms with Gasteiger partial charge in [-0.1, -0.05) is 43.0 Å². The molecule has 0 radical (unpaired) electrons. The van der Waals surface area contributed by atoms with Crippen LogP contribution in [0.25, 0.3) is 0 Å². The third-order valence-corrected chi connectivity index (χ3v) is 5.73. The van der Waals surface area contributed by atoms with Gasteiger partial charge in [0, 0.05) is 35.8 Å². The molecular formula is C20H28Cl2N4O. The first kappa shape index (κ1) is 21.7. The quantitative estimate of drug-likeness (QED) is 0.761. The number of halogens is 2. The number of nitrogens with zero attached hydrogens (tertiary/aromatic N) is 2. The van der Waals surface area contributed by atoms with E-state index < -0.39 is 6.04 Å². The lowest BCUT2D eigenvalue weighted by Gasteiger charge is -2.38. The van der Waals surface area contributed by atoms with Crippen molar-refractivity contribution in [2.75, 3.05) is 13.6 Å². The number of likely N-dealkylation sites (N-methyl/N-ethyl adjacent to an activating group) is 1. The number of benzene rings is 1. The summed E-state index contributed by atoms with van der Waals surface area (Å²) in [5.74, 6) is -0.0144. The second kappa shape index (κ2) is 9.58. The van der Waals surface area contributed by atoms with Gasteiger partial charge in [0.2, 0.25) is 5.91 Å². The van der Waals surface area contributed by atoms with Gasteiger partial charge in [0.25, 0.3) is 0 Å². The van der Waals surface area contributed by atoms with Crippen molar-refractivity contribution in [3.63, 3.8) is 0 Å². The molecule has 27 heavy (non-hydrogen) atoms. The predicted molar refractivity (Wildman–Crippen MR) is 111 cm³/mol. The predicted octanol–water partition coefficient (Wildman–Crippen LogP) is 3.77. The zero-order valence-corrected chi connectivity index (χ0v) is 17.4. The maximum Gasteiger partial charge on any atom is 0.241 e.